The van der Waals surface area contributed by atoms with Crippen LogP contribution in [-0.2, 0) is 9.84 Å². The molecule has 0 aromatic carbocycles. The Bertz CT molecular complexity index is 43.3. The molecule has 0 saturated heterocycles. The standard InChI is InChI=1S/C5H11O2/c1-4(6)5(2)7-3/h4-5H,1-3H3/t4?,5-/m0/s1. The summed E-state index contributed by atoms with van der Waals surface area (Å²) in [7, 11) is 1.54. The van der Waals surface area contributed by atoms with E-state index in [9.17, 15) is 5.11 Å². The van der Waals surface area contributed by atoms with Crippen LogP contribution in [-0.4, -0.2) is 19.3 Å². The average molecular weight is 103 g/mol. The molecule has 2 atom stereocenters. The van der Waals surface area contributed by atoms with E-state index in [0.717, 1.165) is 0 Å². The van der Waals surface area contributed by atoms with E-state index in [2.05, 4.69) is 0 Å². The molecular weight excluding hydrogens is 92.1 g/mol. The van der Waals surface area contributed by atoms with Crippen molar-refractivity contribution >= 4 is 0 Å². The van der Waals surface area contributed by atoms with Gasteiger partial charge in [-0.25, -0.2) is 5.11 Å². The summed E-state index contributed by atoms with van der Waals surface area (Å²) in [6, 6.07) is 0. The van der Waals surface area contributed by atoms with Gasteiger partial charge >= 0.3 is 0 Å². The number of ether oxygens (including phenoxy) is 1. The van der Waals surface area contributed by atoms with Crippen molar-refractivity contribution in [1.29, 1.82) is 0 Å². The van der Waals surface area contributed by atoms with Gasteiger partial charge in [0.2, 0.25) is 0 Å². The Hall–Kier alpha value is -0.0800. The van der Waals surface area contributed by atoms with Crippen molar-refractivity contribution in [2.24, 2.45) is 0 Å². The fourth-order valence-corrected chi connectivity index (χ4v) is 0.192. The fraction of sp³-hybridized carbons (Fsp3) is 1.00. The molecule has 2 heteroatoms. The fourth-order valence-electron chi connectivity index (χ4n) is 0.192. The van der Waals surface area contributed by atoms with Crippen LogP contribution >= 0.6 is 0 Å². The van der Waals surface area contributed by atoms with Crippen molar-refractivity contribution < 1.29 is 9.84 Å². The first-order valence-electron chi connectivity index (χ1n) is 2.37. The molecule has 7 heavy (non-hydrogen) atoms. The zero-order valence-corrected chi connectivity index (χ0v) is 4.97. The van der Waals surface area contributed by atoms with Gasteiger partial charge < -0.3 is 4.74 Å². The molecule has 0 amide bonds. The van der Waals surface area contributed by atoms with Gasteiger partial charge in [-0.15, -0.1) is 0 Å². The van der Waals surface area contributed by atoms with Gasteiger partial charge in [-0.3, -0.25) is 0 Å². The number of rotatable bonds is 2. The highest BCUT2D eigenvalue weighted by Crippen LogP contribution is 1.93. The lowest BCUT2D eigenvalue weighted by Gasteiger charge is -2.08. The van der Waals surface area contributed by atoms with E-state index < -0.39 is 6.10 Å². The Morgan fingerprint density at radius 1 is 1.43 bits per heavy atom. The van der Waals surface area contributed by atoms with Crippen LogP contribution in [0.1, 0.15) is 13.8 Å². The van der Waals surface area contributed by atoms with Crippen LogP contribution in [0.4, 0.5) is 0 Å². The van der Waals surface area contributed by atoms with Gasteiger partial charge in [0.25, 0.3) is 0 Å². The van der Waals surface area contributed by atoms with Crippen LogP contribution < -0.4 is 0 Å². The van der Waals surface area contributed by atoms with Crippen molar-refractivity contribution in [3.05, 3.63) is 0 Å². The summed E-state index contributed by atoms with van der Waals surface area (Å²) in [5.41, 5.74) is 0. The second-order valence-corrected chi connectivity index (χ2v) is 1.65. The lowest BCUT2D eigenvalue weighted by atomic mass is 10.3. The summed E-state index contributed by atoms with van der Waals surface area (Å²) in [6.45, 7) is 3.35. The van der Waals surface area contributed by atoms with E-state index in [-0.39, 0.29) is 6.10 Å². The Labute approximate surface area is 44.1 Å². The Morgan fingerprint density at radius 3 is 1.86 bits per heavy atom. The lowest BCUT2D eigenvalue weighted by Crippen LogP contribution is -2.19. The molecule has 0 spiro atoms. The Morgan fingerprint density at radius 2 is 1.86 bits per heavy atom. The van der Waals surface area contributed by atoms with Crippen molar-refractivity contribution in [1.82, 2.24) is 0 Å². The predicted octanol–water partition coefficient (Wildman–Crippen LogP) is 0.840. The summed E-state index contributed by atoms with van der Waals surface area (Å²) in [6.07, 6.45) is -0.759. The average Bonchev–Trinajstić information content (AvgIpc) is 1.65. The highest BCUT2D eigenvalue weighted by molar-refractivity contribution is 4.53. The molecule has 0 heterocycles. The quantitative estimate of drug-likeness (QED) is 0.509. The minimum Gasteiger partial charge on any atom is -0.379 e. The van der Waals surface area contributed by atoms with E-state index >= 15 is 0 Å². The summed E-state index contributed by atoms with van der Waals surface area (Å²) < 4.78 is 4.70. The largest absolute Gasteiger partial charge is 0.379 e. The normalized spacial score (nSPS) is 18.9. The highest BCUT2D eigenvalue weighted by Gasteiger charge is 2.06. The molecule has 0 aliphatic heterocycles. The smallest absolute Gasteiger partial charge is 0.116 e. The first-order chi connectivity index (χ1) is 3.18. The molecule has 0 aromatic heterocycles. The lowest BCUT2D eigenvalue weighted by molar-refractivity contribution is -0.0274. The molecule has 1 radical (unpaired) electrons. The SMILES string of the molecule is CO[C@@H](C)C(C)[O]. The van der Waals surface area contributed by atoms with Crippen LogP contribution in [0.3, 0.4) is 0 Å². The first kappa shape index (κ1) is 6.92. The van der Waals surface area contributed by atoms with Gasteiger partial charge in [0, 0.05) is 7.11 Å². The van der Waals surface area contributed by atoms with Crippen molar-refractivity contribution in [2.45, 2.75) is 26.1 Å². The monoisotopic (exact) mass is 103 g/mol. The zero-order chi connectivity index (χ0) is 5.86. The molecule has 0 aliphatic carbocycles. The van der Waals surface area contributed by atoms with E-state index in [1.54, 1.807) is 21.0 Å². The highest BCUT2D eigenvalue weighted by atomic mass is 16.5. The topological polar surface area (TPSA) is 29.1 Å². The Balaban J connectivity index is 3.14. The van der Waals surface area contributed by atoms with Crippen LogP contribution in [0.25, 0.3) is 0 Å². The summed E-state index contributed by atoms with van der Waals surface area (Å²) in [4.78, 5) is 0. The third-order valence-corrected chi connectivity index (χ3v) is 1.03. The van der Waals surface area contributed by atoms with Crippen molar-refractivity contribution in [3.8, 4) is 0 Å². The zero-order valence-electron chi connectivity index (χ0n) is 4.97. The van der Waals surface area contributed by atoms with E-state index in [1.807, 2.05) is 0 Å². The second-order valence-electron chi connectivity index (χ2n) is 1.65. The maximum atomic E-state index is 10.3. The number of methoxy groups -OCH3 is 1. The molecule has 0 aromatic rings. The summed E-state index contributed by atoms with van der Waals surface area (Å²) >= 11 is 0. The Kier molecular flexibility index (Phi) is 2.96. The summed E-state index contributed by atoms with van der Waals surface area (Å²) in [5, 5.41) is 10.3. The molecule has 0 rings (SSSR count). The number of hydrogen-bond donors (Lipinski definition) is 0. The number of hydrogen-bond acceptors (Lipinski definition) is 1. The minimum absolute atomic E-state index is 0.153. The molecule has 0 bridgehead atoms. The van der Waals surface area contributed by atoms with Gasteiger partial charge in [0.15, 0.2) is 0 Å². The molecule has 1 unspecified atom stereocenters. The molecule has 2 nitrogen and oxygen atoms in total. The van der Waals surface area contributed by atoms with Gasteiger partial charge in [-0.2, -0.15) is 0 Å². The van der Waals surface area contributed by atoms with E-state index in [0.29, 0.717) is 0 Å². The third-order valence-electron chi connectivity index (χ3n) is 1.03. The third kappa shape index (κ3) is 2.60. The predicted molar refractivity (Wildman–Crippen MR) is 26.6 cm³/mol. The van der Waals surface area contributed by atoms with Crippen LogP contribution in [0.2, 0.25) is 0 Å². The summed E-state index contributed by atoms with van der Waals surface area (Å²) in [5.74, 6) is 0. The maximum absolute atomic E-state index is 10.3. The second kappa shape index (κ2) is 2.99. The van der Waals surface area contributed by atoms with Crippen LogP contribution in [0.5, 0.6) is 0 Å². The van der Waals surface area contributed by atoms with E-state index in [4.69, 9.17) is 4.74 Å². The molecule has 0 fully saturated rings. The molecular formula is C5H11O2. The first-order valence-corrected chi connectivity index (χ1v) is 2.37. The molecule has 0 saturated carbocycles. The van der Waals surface area contributed by atoms with Crippen LogP contribution in [0.15, 0.2) is 0 Å². The van der Waals surface area contributed by atoms with Gasteiger partial charge in [0.05, 0.1) is 6.10 Å². The van der Waals surface area contributed by atoms with E-state index in [1.165, 1.54) is 0 Å². The minimum atomic E-state index is -0.606. The maximum Gasteiger partial charge on any atom is 0.116 e. The van der Waals surface area contributed by atoms with Crippen molar-refractivity contribution in [2.75, 3.05) is 7.11 Å². The van der Waals surface area contributed by atoms with Gasteiger partial charge in [0.1, 0.15) is 6.10 Å². The van der Waals surface area contributed by atoms with Crippen molar-refractivity contribution in [3.63, 3.8) is 0 Å². The van der Waals surface area contributed by atoms with Gasteiger partial charge in [-0.1, -0.05) is 0 Å². The van der Waals surface area contributed by atoms with Crippen LogP contribution in [0, 0.1) is 0 Å². The van der Waals surface area contributed by atoms with Gasteiger partial charge in [-0.05, 0) is 13.8 Å². The molecule has 0 N–H and O–H groups in total. The molecule has 0 aliphatic rings. The molecule has 43 valence electrons.